The van der Waals surface area contributed by atoms with Crippen LogP contribution in [0.4, 0.5) is 0 Å². The topological polar surface area (TPSA) is 42.9 Å². The normalized spacial score (nSPS) is 12.6. The van der Waals surface area contributed by atoms with E-state index in [1.807, 2.05) is 13.8 Å². The summed E-state index contributed by atoms with van der Waals surface area (Å²) in [6.07, 6.45) is 4.58. The van der Waals surface area contributed by atoms with Crippen LogP contribution in [0.5, 0.6) is 0 Å². The van der Waals surface area contributed by atoms with Crippen molar-refractivity contribution < 1.29 is 4.79 Å². The second-order valence-electron chi connectivity index (χ2n) is 5.33. The Morgan fingerprint density at radius 2 is 1.53 bits per heavy atom. The van der Waals surface area contributed by atoms with Crippen molar-refractivity contribution in [3.63, 3.8) is 0 Å². The van der Waals surface area contributed by atoms with Gasteiger partial charge in [-0.05, 0) is 5.41 Å². The quantitative estimate of drug-likeness (QED) is 0.699. The third-order valence-electron chi connectivity index (χ3n) is 3.27. The lowest BCUT2D eigenvalue weighted by Gasteiger charge is -2.37. The molecule has 0 amide bonds. The number of aromatic nitrogens is 2. The molecule has 3 heteroatoms. The standard InChI is InChI=1S/C12H18N2O/c1-11(2,3)12(4,5)10(15)9-6-13-8-14-7-9/h6-8H,1-5H3. The molecule has 1 aromatic heterocycles. The number of hydrogen-bond donors (Lipinski definition) is 0. The van der Waals surface area contributed by atoms with Crippen molar-refractivity contribution in [3.05, 3.63) is 24.3 Å². The van der Waals surface area contributed by atoms with Crippen molar-refractivity contribution >= 4 is 5.78 Å². The van der Waals surface area contributed by atoms with Crippen LogP contribution in [0.3, 0.4) is 0 Å². The molecule has 0 N–H and O–H groups in total. The maximum absolute atomic E-state index is 12.2. The molecule has 15 heavy (non-hydrogen) atoms. The predicted octanol–water partition coefficient (Wildman–Crippen LogP) is 2.73. The van der Waals surface area contributed by atoms with Gasteiger partial charge in [0.1, 0.15) is 6.33 Å². The Balaban J connectivity index is 3.06. The first-order chi connectivity index (χ1) is 6.77. The molecular formula is C12H18N2O. The van der Waals surface area contributed by atoms with Gasteiger partial charge in [-0.2, -0.15) is 0 Å². The van der Waals surface area contributed by atoms with Gasteiger partial charge in [-0.3, -0.25) is 4.79 Å². The molecule has 1 rings (SSSR count). The van der Waals surface area contributed by atoms with Crippen LogP contribution in [0, 0.1) is 10.8 Å². The van der Waals surface area contributed by atoms with Gasteiger partial charge in [-0.25, -0.2) is 9.97 Å². The van der Waals surface area contributed by atoms with Crippen LogP contribution in [0.15, 0.2) is 18.7 Å². The summed E-state index contributed by atoms with van der Waals surface area (Å²) in [5.41, 5.74) is 0.0786. The Bertz CT molecular complexity index is 350. The van der Waals surface area contributed by atoms with Gasteiger partial charge in [0.2, 0.25) is 0 Å². The predicted molar refractivity (Wildman–Crippen MR) is 59.6 cm³/mol. The molecule has 0 fully saturated rings. The van der Waals surface area contributed by atoms with Crippen LogP contribution < -0.4 is 0 Å². The molecule has 3 nitrogen and oxygen atoms in total. The van der Waals surface area contributed by atoms with Crippen LogP contribution in [-0.2, 0) is 0 Å². The van der Waals surface area contributed by atoms with E-state index in [0.717, 1.165) is 0 Å². The van der Waals surface area contributed by atoms with Gasteiger partial charge >= 0.3 is 0 Å². The largest absolute Gasteiger partial charge is 0.293 e. The molecule has 1 aromatic rings. The minimum Gasteiger partial charge on any atom is -0.293 e. The number of carbonyl (C=O) groups excluding carboxylic acids is 1. The molecule has 0 unspecified atom stereocenters. The van der Waals surface area contributed by atoms with Crippen LogP contribution in [0.25, 0.3) is 0 Å². The monoisotopic (exact) mass is 206 g/mol. The lowest BCUT2D eigenvalue weighted by Crippen LogP contribution is -2.37. The Morgan fingerprint density at radius 1 is 1.07 bits per heavy atom. The van der Waals surface area contributed by atoms with E-state index in [4.69, 9.17) is 0 Å². The molecule has 0 aliphatic rings. The van der Waals surface area contributed by atoms with Crippen molar-refractivity contribution in [1.82, 2.24) is 9.97 Å². The first-order valence-electron chi connectivity index (χ1n) is 5.06. The van der Waals surface area contributed by atoms with E-state index in [0.29, 0.717) is 5.56 Å². The summed E-state index contributed by atoms with van der Waals surface area (Å²) >= 11 is 0. The number of carbonyl (C=O) groups is 1. The highest BCUT2D eigenvalue weighted by atomic mass is 16.1. The highest BCUT2D eigenvalue weighted by molar-refractivity contribution is 6.00. The molecular weight excluding hydrogens is 188 g/mol. The zero-order valence-electron chi connectivity index (χ0n) is 10.0. The fraction of sp³-hybridized carbons (Fsp3) is 0.583. The van der Waals surface area contributed by atoms with Crippen molar-refractivity contribution in [2.45, 2.75) is 34.6 Å². The van der Waals surface area contributed by atoms with Crippen molar-refractivity contribution in [2.24, 2.45) is 10.8 Å². The van der Waals surface area contributed by atoms with Crippen LogP contribution in [0.2, 0.25) is 0 Å². The molecule has 0 saturated heterocycles. The average molecular weight is 206 g/mol. The fourth-order valence-corrected chi connectivity index (χ4v) is 1.12. The number of ketones is 1. The summed E-state index contributed by atoms with van der Waals surface area (Å²) in [5, 5.41) is 0. The summed E-state index contributed by atoms with van der Waals surface area (Å²) in [4.78, 5) is 20.0. The highest BCUT2D eigenvalue weighted by Crippen LogP contribution is 2.40. The molecule has 0 aliphatic carbocycles. The lowest BCUT2D eigenvalue weighted by atomic mass is 9.66. The Morgan fingerprint density at radius 3 is 1.93 bits per heavy atom. The molecule has 0 atom stereocenters. The van der Waals surface area contributed by atoms with Gasteiger partial charge in [0.15, 0.2) is 5.78 Å². The zero-order valence-corrected chi connectivity index (χ0v) is 10.0. The van der Waals surface area contributed by atoms with Crippen molar-refractivity contribution in [1.29, 1.82) is 0 Å². The van der Waals surface area contributed by atoms with Crippen LogP contribution >= 0.6 is 0 Å². The van der Waals surface area contributed by atoms with Gasteiger partial charge in [0.25, 0.3) is 0 Å². The molecule has 0 saturated carbocycles. The van der Waals surface area contributed by atoms with Gasteiger partial charge in [0, 0.05) is 17.8 Å². The van der Waals surface area contributed by atoms with E-state index >= 15 is 0 Å². The van der Waals surface area contributed by atoms with Crippen molar-refractivity contribution in [3.8, 4) is 0 Å². The summed E-state index contributed by atoms with van der Waals surface area (Å²) in [6, 6.07) is 0. The maximum Gasteiger partial charge on any atom is 0.172 e. The lowest BCUT2D eigenvalue weighted by molar-refractivity contribution is 0.0624. The maximum atomic E-state index is 12.2. The molecule has 0 bridgehead atoms. The first kappa shape index (κ1) is 11.8. The molecule has 0 aliphatic heterocycles. The summed E-state index contributed by atoms with van der Waals surface area (Å²) < 4.78 is 0. The van der Waals surface area contributed by atoms with Gasteiger partial charge < -0.3 is 0 Å². The van der Waals surface area contributed by atoms with E-state index in [2.05, 4.69) is 30.7 Å². The second-order valence-corrected chi connectivity index (χ2v) is 5.33. The van der Waals surface area contributed by atoms with Gasteiger partial charge in [-0.15, -0.1) is 0 Å². The summed E-state index contributed by atoms with van der Waals surface area (Å²) in [7, 11) is 0. The number of hydrogen-bond acceptors (Lipinski definition) is 3. The van der Waals surface area contributed by atoms with Crippen molar-refractivity contribution in [2.75, 3.05) is 0 Å². The molecule has 1 heterocycles. The van der Waals surface area contributed by atoms with E-state index < -0.39 is 5.41 Å². The molecule has 0 radical (unpaired) electrons. The minimum absolute atomic E-state index is 0.0834. The van der Waals surface area contributed by atoms with E-state index in [-0.39, 0.29) is 11.2 Å². The van der Waals surface area contributed by atoms with Gasteiger partial charge in [0.05, 0.1) is 5.56 Å². The van der Waals surface area contributed by atoms with E-state index in [9.17, 15) is 4.79 Å². The Labute approximate surface area is 91.0 Å². The van der Waals surface area contributed by atoms with E-state index in [1.54, 1.807) is 12.4 Å². The highest BCUT2D eigenvalue weighted by Gasteiger charge is 2.40. The van der Waals surface area contributed by atoms with Gasteiger partial charge in [-0.1, -0.05) is 34.6 Å². The third-order valence-corrected chi connectivity index (χ3v) is 3.27. The Hall–Kier alpha value is -1.25. The van der Waals surface area contributed by atoms with E-state index in [1.165, 1.54) is 6.33 Å². The number of Topliss-reactive ketones (excluding diaryl/α,β-unsaturated/α-hetero) is 1. The SMILES string of the molecule is CC(C)(C)C(C)(C)C(=O)c1cncnc1. The number of nitrogens with zero attached hydrogens (tertiary/aromatic N) is 2. The molecule has 0 aromatic carbocycles. The summed E-state index contributed by atoms with van der Waals surface area (Å²) in [5.74, 6) is 0.0931. The average Bonchev–Trinajstić information content (AvgIpc) is 2.16. The molecule has 0 spiro atoms. The van der Waals surface area contributed by atoms with Crippen LogP contribution in [-0.4, -0.2) is 15.8 Å². The Kier molecular flexibility index (Phi) is 2.93. The number of rotatable bonds is 2. The minimum atomic E-state index is -0.419. The zero-order chi connectivity index (χ0) is 11.7. The smallest absolute Gasteiger partial charge is 0.172 e. The third kappa shape index (κ3) is 2.22. The summed E-state index contributed by atoms with van der Waals surface area (Å²) in [6.45, 7) is 10.1. The van der Waals surface area contributed by atoms with Crippen LogP contribution in [0.1, 0.15) is 45.0 Å². The fourth-order valence-electron chi connectivity index (χ4n) is 1.12. The second kappa shape index (κ2) is 3.72. The first-order valence-corrected chi connectivity index (χ1v) is 5.06. The molecule has 82 valence electrons.